The van der Waals surface area contributed by atoms with Crippen LogP contribution in [0.3, 0.4) is 0 Å². The van der Waals surface area contributed by atoms with Gasteiger partial charge in [0, 0.05) is 13.1 Å². The van der Waals surface area contributed by atoms with E-state index in [1.807, 2.05) is 0 Å². The first-order valence-electron chi connectivity index (χ1n) is 5.29. The van der Waals surface area contributed by atoms with Gasteiger partial charge >= 0.3 is 0 Å². The molecule has 1 amide bonds. The van der Waals surface area contributed by atoms with Crippen molar-refractivity contribution in [3.05, 3.63) is 12.0 Å². The third kappa shape index (κ3) is 2.61. The van der Waals surface area contributed by atoms with Gasteiger partial charge < -0.3 is 15.0 Å². The molecule has 1 N–H and O–H groups in total. The zero-order valence-electron chi connectivity index (χ0n) is 9.44. The van der Waals surface area contributed by atoms with E-state index in [2.05, 4.69) is 15.3 Å². The van der Waals surface area contributed by atoms with Crippen molar-refractivity contribution >= 4 is 11.9 Å². The van der Waals surface area contributed by atoms with Gasteiger partial charge in [-0.3, -0.25) is 4.79 Å². The maximum Gasteiger partial charge on any atom is 0.255 e. The minimum absolute atomic E-state index is 0.0885. The minimum Gasteiger partial charge on any atom is -0.479 e. The second kappa shape index (κ2) is 4.94. The van der Waals surface area contributed by atoms with Gasteiger partial charge in [0.1, 0.15) is 0 Å². The van der Waals surface area contributed by atoms with E-state index in [0.717, 1.165) is 12.6 Å². The Labute approximate surface area is 97.8 Å². The summed E-state index contributed by atoms with van der Waals surface area (Å²) in [5, 5.41) is 2.74. The number of anilines is 1. The summed E-state index contributed by atoms with van der Waals surface area (Å²) in [6, 6.07) is 0. The average Bonchev–Trinajstić information content (AvgIpc) is 2.54. The SMILES string of the molecule is COc1nc(N2CCCNC(=O)C2)ncc1F. The fourth-order valence-electron chi connectivity index (χ4n) is 1.61. The number of carbonyl (C=O) groups excluding carboxylic acids is 1. The molecule has 2 rings (SSSR count). The monoisotopic (exact) mass is 240 g/mol. The second-order valence-electron chi connectivity index (χ2n) is 3.65. The number of rotatable bonds is 2. The van der Waals surface area contributed by atoms with Crippen LogP contribution >= 0.6 is 0 Å². The lowest BCUT2D eigenvalue weighted by Crippen LogP contribution is -2.34. The van der Waals surface area contributed by atoms with Gasteiger partial charge in [0.05, 0.1) is 19.9 Å². The molecule has 0 bridgehead atoms. The third-order valence-corrected chi connectivity index (χ3v) is 2.44. The summed E-state index contributed by atoms with van der Waals surface area (Å²) >= 11 is 0. The molecule has 92 valence electrons. The highest BCUT2D eigenvalue weighted by Crippen LogP contribution is 2.17. The molecule has 0 spiro atoms. The number of hydrogen-bond donors (Lipinski definition) is 1. The highest BCUT2D eigenvalue weighted by molar-refractivity contribution is 5.81. The van der Waals surface area contributed by atoms with Crippen molar-refractivity contribution in [2.75, 3.05) is 31.6 Å². The fourth-order valence-corrected chi connectivity index (χ4v) is 1.61. The standard InChI is InChI=1S/C10H13FN4O2/c1-17-9-7(11)5-13-10(14-9)15-4-2-3-12-8(16)6-15/h5H,2-4,6H2,1H3,(H,12,16). The quantitative estimate of drug-likeness (QED) is 0.785. The van der Waals surface area contributed by atoms with Gasteiger partial charge in [-0.05, 0) is 6.42 Å². The molecule has 0 aliphatic carbocycles. The Bertz CT molecular complexity index is 427. The smallest absolute Gasteiger partial charge is 0.255 e. The van der Waals surface area contributed by atoms with Gasteiger partial charge in [-0.15, -0.1) is 0 Å². The van der Waals surface area contributed by atoms with Crippen LogP contribution in [0.1, 0.15) is 6.42 Å². The van der Waals surface area contributed by atoms with Gasteiger partial charge in [-0.1, -0.05) is 0 Å². The number of nitrogens with one attached hydrogen (secondary N) is 1. The molecular weight excluding hydrogens is 227 g/mol. The molecular formula is C10H13FN4O2. The summed E-state index contributed by atoms with van der Waals surface area (Å²) in [6.45, 7) is 1.45. The first-order chi connectivity index (χ1) is 8.20. The van der Waals surface area contributed by atoms with Crippen LogP contribution in [-0.2, 0) is 4.79 Å². The van der Waals surface area contributed by atoms with Crippen molar-refractivity contribution in [2.24, 2.45) is 0 Å². The maximum atomic E-state index is 13.1. The number of carbonyl (C=O) groups is 1. The number of ether oxygens (including phenoxy) is 1. The van der Waals surface area contributed by atoms with E-state index in [1.165, 1.54) is 7.11 Å². The Hall–Kier alpha value is -1.92. The number of aromatic nitrogens is 2. The Morgan fingerprint density at radius 2 is 2.41 bits per heavy atom. The lowest BCUT2D eigenvalue weighted by Gasteiger charge is -2.18. The van der Waals surface area contributed by atoms with Crippen molar-refractivity contribution in [1.29, 1.82) is 0 Å². The number of methoxy groups -OCH3 is 1. The molecule has 1 aliphatic heterocycles. The Morgan fingerprint density at radius 3 is 3.18 bits per heavy atom. The maximum absolute atomic E-state index is 13.1. The van der Waals surface area contributed by atoms with Gasteiger partial charge in [0.15, 0.2) is 0 Å². The van der Waals surface area contributed by atoms with E-state index in [9.17, 15) is 9.18 Å². The van der Waals surface area contributed by atoms with E-state index in [0.29, 0.717) is 19.0 Å². The van der Waals surface area contributed by atoms with Crippen LogP contribution in [-0.4, -0.2) is 42.6 Å². The molecule has 1 fully saturated rings. The van der Waals surface area contributed by atoms with E-state index in [1.54, 1.807) is 4.90 Å². The zero-order chi connectivity index (χ0) is 12.3. The molecule has 0 unspecified atom stereocenters. The van der Waals surface area contributed by atoms with Crippen LogP contribution in [0.15, 0.2) is 6.20 Å². The van der Waals surface area contributed by atoms with Crippen molar-refractivity contribution in [1.82, 2.24) is 15.3 Å². The molecule has 17 heavy (non-hydrogen) atoms. The highest BCUT2D eigenvalue weighted by atomic mass is 19.1. The van der Waals surface area contributed by atoms with Crippen molar-refractivity contribution in [2.45, 2.75) is 6.42 Å². The topological polar surface area (TPSA) is 67.3 Å². The van der Waals surface area contributed by atoms with Crippen molar-refractivity contribution < 1.29 is 13.9 Å². The molecule has 1 aromatic rings. The van der Waals surface area contributed by atoms with Crippen LogP contribution in [0.25, 0.3) is 0 Å². The molecule has 6 nitrogen and oxygen atoms in total. The first kappa shape index (κ1) is 11.6. The van der Waals surface area contributed by atoms with E-state index in [4.69, 9.17) is 4.74 Å². The van der Waals surface area contributed by atoms with Crippen molar-refractivity contribution in [3.8, 4) is 5.88 Å². The van der Waals surface area contributed by atoms with E-state index >= 15 is 0 Å². The average molecular weight is 240 g/mol. The van der Waals surface area contributed by atoms with Crippen molar-refractivity contribution in [3.63, 3.8) is 0 Å². The highest BCUT2D eigenvalue weighted by Gasteiger charge is 2.18. The van der Waals surface area contributed by atoms with E-state index < -0.39 is 5.82 Å². The largest absolute Gasteiger partial charge is 0.479 e. The summed E-state index contributed by atoms with van der Waals surface area (Å²) in [5.41, 5.74) is 0. The molecule has 1 aliphatic rings. The molecule has 0 saturated carbocycles. The van der Waals surface area contributed by atoms with Gasteiger partial charge in [0.25, 0.3) is 5.88 Å². The minimum atomic E-state index is -0.615. The Balaban J connectivity index is 2.23. The first-order valence-corrected chi connectivity index (χ1v) is 5.29. The molecule has 7 heteroatoms. The number of nitrogens with zero attached hydrogens (tertiary/aromatic N) is 3. The number of hydrogen-bond acceptors (Lipinski definition) is 5. The predicted octanol–water partition coefficient (Wildman–Crippen LogP) is -0.0494. The fraction of sp³-hybridized carbons (Fsp3) is 0.500. The summed E-state index contributed by atoms with van der Waals surface area (Å²) in [5.74, 6) is -0.509. The number of amides is 1. The van der Waals surface area contributed by atoms with Gasteiger partial charge in [0.2, 0.25) is 17.7 Å². The van der Waals surface area contributed by atoms with Gasteiger partial charge in [-0.25, -0.2) is 4.98 Å². The summed E-state index contributed by atoms with van der Waals surface area (Å²) in [6.07, 6.45) is 1.85. The third-order valence-electron chi connectivity index (χ3n) is 2.44. The normalized spacial score (nSPS) is 16.4. The van der Waals surface area contributed by atoms with Crippen LogP contribution in [0.5, 0.6) is 5.88 Å². The second-order valence-corrected chi connectivity index (χ2v) is 3.65. The molecule has 1 saturated heterocycles. The number of halogens is 1. The van der Waals surface area contributed by atoms with Crippen LogP contribution in [0.2, 0.25) is 0 Å². The molecule has 2 heterocycles. The predicted molar refractivity (Wildman–Crippen MR) is 58.4 cm³/mol. The molecule has 1 aromatic heterocycles. The summed E-state index contributed by atoms with van der Waals surface area (Å²) in [4.78, 5) is 20.9. The zero-order valence-corrected chi connectivity index (χ0v) is 9.44. The molecule has 0 aromatic carbocycles. The van der Waals surface area contributed by atoms with E-state index in [-0.39, 0.29) is 18.3 Å². The summed E-state index contributed by atoms with van der Waals surface area (Å²) < 4.78 is 17.9. The Kier molecular flexibility index (Phi) is 3.36. The molecule has 0 radical (unpaired) electrons. The summed E-state index contributed by atoms with van der Waals surface area (Å²) in [7, 11) is 1.34. The Morgan fingerprint density at radius 1 is 1.59 bits per heavy atom. The lowest BCUT2D eigenvalue weighted by molar-refractivity contribution is -0.119. The molecule has 0 atom stereocenters. The van der Waals surface area contributed by atoms with Crippen LogP contribution in [0, 0.1) is 5.82 Å². The van der Waals surface area contributed by atoms with Gasteiger partial charge in [-0.2, -0.15) is 9.37 Å². The van der Waals surface area contributed by atoms with Crippen LogP contribution < -0.4 is 15.0 Å². The lowest BCUT2D eigenvalue weighted by atomic mass is 10.4. The van der Waals surface area contributed by atoms with Crippen LogP contribution in [0.4, 0.5) is 10.3 Å².